The average molecular weight is 375 g/mol. The number of hydrogen-bond donors (Lipinski definition) is 2. The molecule has 4 heteroatoms. The van der Waals surface area contributed by atoms with E-state index in [1.807, 2.05) is 6.08 Å². The maximum atomic E-state index is 12.0. The van der Waals surface area contributed by atoms with Crippen LogP contribution >= 0.6 is 0 Å². The van der Waals surface area contributed by atoms with E-state index in [2.05, 4.69) is 20.8 Å². The van der Waals surface area contributed by atoms with Crippen LogP contribution in [0.4, 0.5) is 0 Å². The van der Waals surface area contributed by atoms with Gasteiger partial charge in [0.15, 0.2) is 5.78 Å². The molecular weight excluding hydrogens is 340 g/mol. The van der Waals surface area contributed by atoms with Crippen LogP contribution < -0.4 is 0 Å². The zero-order valence-corrected chi connectivity index (χ0v) is 17.0. The van der Waals surface area contributed by atoms with Gasteiger partial charge in [0.05, 0.1) is 5.60 Å². The first-order valence-electron chi connectivity index (χ1n) is 10.8. The number of carbonyl (C=O) groups is 2. The molecule has 0 bridgehead atoms. The molecule has 3 saturated carbocycles. The van der Waals surface area contributed by atoms with E-state index >= 15 is 0 Å². The van der Waals surface area contributed by atoms with Crippen LogP contribution in [0.1, 0.15) is 78.6 Å². The molecule has 0 heterocycles. The predicted molar refractivity (Wildman–Crippen MR) is 103 cm³/mol. The highest BCUT2D eigenvalue weighted by Gasteiger charge is 2.65. The van der Waals surface area contributed by atoms with Crippen molar-refractivity contribution in [1.29, 1.82) is 0 Å². The number of carbonyl (C=O) groups excluding carboxylic acids is 1. The van der Waals surface area contributed by atoms with Gasteiger partial charge in [0.25, 0.3) is 0 Å². The minimum Gasteiger partial charge on any atom is -0.481 e. The summed E-state index contributed by atoms with van der Waals surface area (Å²) in [7, 11) is 0. The highest BCUT2D eigenvalue weighted by molar-refractivity contribution is 5.91. The van der Waals surface area contributed by atoms with Gasteiger partial charge in [-0.15, -0.1) is 0 Å². The van der Waals surface area contributed by atoms with Gasteiger partial charge in [-0.2, -0.15) is 0 Å². The largest absolute Gasteiger partial charge is 0.481 e. The van der Waals surface area contributed by atoms with Crippen LogP contribution in [0.15, 0.2) is 11.6 Å². The van der Waals surface area contributed by atoms with Crippen molar-refractivity contribution in [2.75, 3.05) is 0 Å². The smallest absolute Gasteiger partial charge is 0.303 e. The van der Waals surface area contributed by atoms with E-state index in [1.54, 1.807) is 0 Å². The lowest BCUT2D eigenvalue weighted by Crippen LogP contribution is -2.63. The molecule has 0 aromatic heterocycles. The molecule has 4 rings (SSSR count). The molecule has 150 valence electrons. The molecule has 0 aromatic rings. The Labute approximate surface area is 162 Å². The maximum Gasteiger partial charge on any atom is 0.303 e. The van der Waals surface area contributed by atoms with E-state index in [4.69, 9.17) is 0 Å². The summed E-state index contributed by atoms with van der Waals surface area (Å²) in [6.45, 7) is 6.66. The summed E-state index contributed by atoms with van der Waals surface area (Å²) in [6.07, 6.45) is 9.22. The van der Waals surface area contributed by atoms with Crippen LogP contribution in [0.25, 0.3) is 0 Å². The van der Waals surface area contributed by atoms with E-state index in [1.165, 1.54) is 5.57 Å². The first kappa shape index (κ1) is 19.2. The van der Waals surface area contributed by atoms with Crippen molar-refractivity contribution in [3.05, 3.63) is 11.6 Å². The lowest BCUT2D eigenvalue weighted by atomic mass is 9.44. The molecular formula is C23H34O4. The van der Waals surface area contributed by atoms with Gasteiger partial charge in [-0.3, -0.25) is 9.59 Å². The standard InChI is InChI=1S/C23H34O4/c1-14(12-20(25)26)17-6-7-18-19-5-4-15-13-16(24)8-9-22(15,3)23(19,27)11-10-21(17,18)2/h13-14,17-19,27H,4-12H2,1-3H3,(H,25,26)/t14-,17+,18-,19-,21+,22-,23+/m0/s1. The van der Waals surface area contributed by atoms with Crippen LogP contribution in [0, 0.1) is 34.5 Å². The van der Waals surface area contributed by atoms with Crippen LogP contribution in [0.5, 0.6) is 0 Å². The summed E-state index contributed by atoms with van der Waals surface area (Å²) in [5, 5.41) is 21.3. The zero-order valence-electron chi connectivity index (χ0n) is 17.0. The highest BCUT2D eigenvalue weighted by atomic mass is 16.4. The number of aliphatic hydroxyl groups is 1. The van der Waals surface area contributed by atoms with Crippen molar-refractivity contribution < 1.29 is 19.8 Å². The molecule has 0 amide bonds. The second-order valence-corrected chi connectivity index (χ2v) is 10.4. The summed E-state index contributed by atoms with van der Waals surface area (Å²) >= 11 is 0. The SMILES string of the molecule is C[C@@H](CC(=O)O)[C@H]1CC[C@H]2[C@@H]3CCC4=CC(=O)CC[C@]4(C)[C@@]3(O)CC[C@]12C. The van der Waals surface area contributed by atoms with Crippen LogP contribution in [0.3, 0.4) is 0 Å². The fourth-order valence-electron chi connectivity index (χ4n) is 7.89. The van der Waals surface area contributed by atoms with Crippen molar-refractivity contribution >= 4 is 11.8 Å². The van der Waals surface area contributed by atoms with E-state index in [-0.39, 0.29) is 34.9 Å². The van der Waals surface area contributed by atoms with E-state index in [0.717, 1.165) is 44.9 Å². The minimum atomic E-state index is -0.715. The predicted octanol–water partition coefficient (Wildman–Crippen LogP) is 4.36. The third kappa shape index (κ3) is 2.58. The number of rotatable bonds is 3. The minimum absolute atomic E-state index is 0.133. The fourth-order valence-corrected chi connectivity index (χ4v) is 7.89. The lowest BCUT2D eigenvalue weighted by molar-refractivity contribution is -0.194. The van der Waals surface area contributed by atoms with Crippen molar-refractivity contribution in [3.8, 4) is 0 Å². The van der Waals surface area contributed by atoms with Gasteiger partial charge in [-0.05, 0) is 80.1 Å². The summed E-state index contributed by atoms with van der Waals surface area (Å²) in [5.74, 6) is 0.871. The average Bonchev–Trinajstić information content (AvgIpc) is 2.93. The van der Waals surface area contributed by atoms with Crippen LogP contribution in [-0.2, 0) is 9.59 Å². The van der Waals surface area contributed by atoms with Crippen LogP contribution in [-0.4, -0.2) is 27.6 Å². The summed E-state index contributed by atoms with van der Waals surface area (Å²) in [5.41, 5.74) is 0.325. The van der Waals surface area contributed by atoms with Crippen molar-refractivity contribution in [2.45, 2.75) is 84.2 Å². The number of fused-ring (bicyclic) bond motifs is 5. The Morgan fingerprint density at radius 3 is 2.59 bits per heavy atom. The topological polar surface area (TPSA) is 74.6 Å². The number of aliphatic carboxylic acids is 1. The Morgan fingerprint density at radius 2 is 1.89 bits per heavy atom. The highest BCUT2D eigenvalue weighted by Crippen LogP contribution is 2.69. The van der Waals surface area contributed by atoms with Crippen molar-refractivity contribution in [2.24, 2.45) is 34.5 Å². The number of hydrogen-bond acceptors (Lipinski definition) is 3. The van der Waals surface area contributed by atoms with Gasteiger partial charge in [0.1, 0.15) is 0 Å². The summed E-state index contributed by atoms with van der Waals surface area (Å²) < 4.78 is 0. The Bertz CT molecular complexity index is 696. The summed E-state index contributed by atoms with van der Waals surface area (Å²) in [6, 6.07) is 0. The van der Waals surface area contributed by atoms with Gasteiger partial charge >= 0.3 is 5.97 Å². The Kier molecular flexibility index (Phi) is 4.38. The molecule has 27 heavy (non-hydrogen) atoms. The quantitative estimate of drug-likeness (QED) is 0.770. The molecule has 2 N–H and O–H groups in total. The molecule has 4 aliphatic carbocycles. The molecule has 4 aliphatic rings. The molecule has 0 spiro atoms. The molecule has 0 unspecified atom stereocenters. The van der Waals surface area contributed by atoms with E-state index in [0.29, 0.717) is 18.3 Å². The lowest BCUT2D eigenvalue weighted by Gasteiger charge is -2.63. The monoisotopic (exact) mass is 374 g/mol. The van der Waals surface area contributed by atoms with Gasteiger partial charge in [-0.25, -0.2) is 0 Å². The number of carboxylic acids is 1. The third-order valence-electron chi connectivity index (χ3n) is 9.41. The van der Waals surface area contributed by atoms with E-state index in [9.17, 15) is 19.8 Å². The van der Waals surface area contributed by atoms with Gasteiger partial charge < -0.3 is 10.2 Å². The number of carboxylic acid groups (broad SMARTS) is 1. The Morgan fingerprint density at radius 1 is 1.15 bits per heavy atom. The van der Waals surface area contributed by atoms with Gasteiger partial charge in [0.2, 0.25) is 0 Å². The van der Waals surface area contributed by atoms with E-state index < -0.39 is 11.6 Å². The third-order valence-corrected chi connectivity index (χ3v) is 9.41. The van der Waals surface area contributed by atoms with Gasteiger partial charge in [-0.1, -0.05) is 26.3 Å². The summed E-state index contributed by atoms with van der Waals surface area (Å²) in [4.78, 5) is 23.2. The second-order valence-electron chi connectivity index (χ2n) is 10.4. The zero-order chi connectivity index (χ0) is 19.6. The molecule has 0 aliphatic heterocycles. The molecule has 7 atom stereocenters. The van der Waals surface area contributed by atoms with Crippen LogP contribution in [0.2, 0.25) is 0 Å². The number of ketones is 1. The van der Waals surface area contributed by atoms with Crippen molar-refractivity contribution in [1.82, 2.24) is 0 Å². The molecule has 0 saturated heterocycles. The molecule has 4 nitrogen and oxygen atoms in total. The molecule has 3 fully saturated rings. The van der Waals surface area contributed by atoms with Gasteiger partial charge in [0, 0.05) is 18.3 Å². The second kappa shape index (κ2) is 6.17. The first-order chi connectivity index (χ1) is 12.6. The first-order valence-corrected chi connectivity index (χ1v) is 10.8. The normalized spacial score (nSPS) is 47.5. The maximum absolute atomic E-state index is 12.0. The van der Waals surface area contributed by atoms with Crippen molar-refractivity contribution in [3.63, 3.8) is 0 Å². The Hall–Kier alpha value is -1.16. The molecule has 0 radical (unpaired) electrons. The Balaban J connectivity index is 1.65. The molecule has 0 aromatic carbocycles. The fraction of sp³-hybridized carbons (Fsp3) is 0.826.